The summed E-state index contributed by atoms with van der Waals surface area (Å²) >= 11 is 0. The van der Waals surface area contributed by atoms with Crippen LogP contribution < -0.4 is 9.87 Å². The van der Waals surface area contributed by atoms with Gasteiger partial charge in [0.15, 0.2) is 5.52 Å². The molecule has 0 unspecified atom stereocenters. The van der Waals surface area contributed by atoms with Gasteiger partial charge in [0.05, 0.1) is 11.7 Å². The van der Waals surface area contributed by atoms with E-state index < -0.39 is 0 Å². The lowest BCUT2D eigenvalue weighted by molar-refractivity contribution is -0.691. The molecule has 0 N–H and O–H groups in total. The number of hydrogen-bond donors (Lipinski definition) is 0. The van der Waals surface area contributed by atoms with Crippen LogP contribution in [0.1, 0.15) is 57.7 Å². The minimum atomic E-state index is 0.358. The molecule has 2 aromatic heterocycles. The van der Waals surface area contributed by atoms with Gasteiger partial charge in [0.25, 0.3) is 12.0 Å². The molecule has 0 saturated carbocycles. The number of rotatable bonds is 8. The maximum Gasteiger partial charge on any atom is 0.274 e. The Kier molecular flexibility index (Phi) is 6.86. The van der Waals surface area contributed by atoms with Crippen molar-refractivity contribution in [3.63, 3.8) is 0 Å². The zero-order valence-electron chi connectivity index (χ0n) is 19.7. The first kappa shape index (κ1) is 22.4. The minimum absolute atomic E-state index is 0.358. The Hall–Kier alpha value is -2.77. The molecule has 32 heavy (non-hydrogen) atoms. The zero-order chi connectivity index (χ0) is 22.7. The summed E-state index contributed by atoms with van der Waals surface area (Å²) < 4.78 is 4.53. The molecular formula is C28H33N3P+. The average Bonchev–Trinajstić information content (AvgIpc) is 3.19. The lowest BCUT2D eigenvalue weighted by Gasteiger charge is -2.15. The summed E-state index contributed by atoms with van der Waals surface area (Å²) in [5.74, 6) is 0. The smallest absolute Gasteiger partial charge is 0.226 e. The number of fused-ring (bicyclic) bond motifs is 1. The fourth-order valence-electron chi connectivity index (χ4n) is 4.49. The molecule has 0 spiro atoms. The number of imidazole rings is 1. The predicted molar refractivity (Wildman–Crippen MR) is 139 cm³/mol. The molecular weight excluding hydrogens is 409 g/mol. The van der Waals surface area contributed by atoms with E-state index >= 15 is 0 Å². The van der Waals surface area contributed by atoms with Crippen molar-refractivity contribution in [3.8, 4) is 16.9 Å². The van der Waals surface area contributed by atoms with Crippen LogP contribution in [-0.2, 0) is 12.8 Å². The normalized spacial score (nSPS) is 11.7. The van der Waals surface area contributed by atoms with Crippen molar-refractivity contribution in [2.75, 3.05) is 0 Å². The van der Waals surface area contributed by atoms with E-state index in [0.29, 0.717) is 6.04 Å². The molecule has 2 aromatic carbocycles. The van der Waals surface area contributed by atoms with Gasteiger partial charge in [0, 0.05) is 10.9 Å². The van der Waals surface area contributed by atoms with Crippen LogP contribution in [-0.4, -0.2) is 15.9 Å². The SMILES string of the molecule is C=Pc1cc(CCC)c(-c2ccc3c(n2)n(-c2ccccc2)c[n+]3C(C)C)c(CCC)c1. The number of para-hydroxylation sites is 1. The minimum Gasteiger partial charge on any atom is -0.226 e. The fourth-order valence-corrected chi connectivity index (χ4v) is 4.99. The molecule has 4 rings (SSSR count). The summed E-state index contributed by atoms with van der Waals surface area (Å²) in [5.41, 5.74) is 8.48. The second-order valence-electron chi connectivity index (χ2n) is 8.66. The van der Waals surface area contributed by atoms with Crippen molar-refractivity contribution in [1.29, 1.82) is 0 Å². The Morgan fingerprint density at radius 3 is 2.19 bits per heavy atom. The number of benzene rings is 2. The quantitative estimate of drug-likeness (QED) is 0.226. The van der Waals surface area contributed by atoms with Gasteiger partial charge in [-0.05, 0) is 74.2 Å². The number of aromatic nitrogens is 3. The number of aryl methyl sites for hydroxylation is 2. The summed E-state index contributed by atoms with van der Waals surface area (Å²) in [6, 6.07) is 20.0. The third-order valence-corrected chi connectivity index (χ3v) is 6.58. The van der Waals surface area contributed by atoms with Gasteiger partial charge in [-0.3, -0.25) is 0 Å². The highest BCUT2D eigenvalue weighted by Crippen LogP contribution is 2.30. The third kappa shape index (κ3) is 4.27. The molecule has 0 amide bonds. The first-order valence-electron chi connectivity index (χ1n) is 11.7. The molecule has 0 fully saturated rings. The molecule has 0 aliphatic carbocycles. The number of nitrogens with zero attached hydrogens (tertiary/aromatic N) is 3. The van der Waals surface area contributed by atoms with E-state index in [-0.39, 0.29) is 0 Å². The molecule has 0 radical (unpaired) electrons. The van der Waals surface area contributed by atoms with E-state index in [1.54, 1.807) is 0 Å². The highest BCUT2D eigenvalue weighted by Gasteiger charge is 2.23. The summed E-state index contributed by atoms with van der Waals surface area (Å²) in [7, 11) is 1.08. The van der Waals surface area contributed by atoms with Crippen molar-refractivity contribution >= 4 is 31.0 Å². The fraction of sp³-hybridized carbons (Fsp3) is 0.321. The summed E-state index contributed by atoms with van der Waals surface area (Å²) in [5, 5.41) is 1.30. The van der Waals surface area contributed by atoms with Crippen LogP contribution in [0.2, 0.25) is 0 Å². The highest BCUT2D eigenvalue weighted by atomic mass is 31.1. The molecule has 0 aliphatic heterocycles. The standard InChI is InChI=1S/C28H33N3P/c1-6-11-21-17-24(32-5)18-22(12-7-2)27(21)25-15-16-26-28(29-25)31(19-30(26)20(3)4)23-13-9-8-10-14-23/h8-10,13-20H,5-7,11-12H2,1-4H3/q+1. The molecule has 0 saturated heterocycles. The molecule has 3 nitrogen and oxygen atoms in total. The van der Waals surface area contributed by atoms with Crippen molar-refractivity contribution in [2.45, 2.75) is 59.4 Å². The molecule has 2 heterocycles. The van der Waals surface area contributed by atoms with Crippen molar-refractivity contribution in [3.05, 3.63) is 72.1 Å². The number of pyridine rings is 1. The van der Waals surface area contributed by atoms with Crippen molar-refractivity contribution in [1.82, 2.24) is 9.55 Å². The Labute approximate surface area is 193 Å². The Morgan fingerprint density at radius 2 is 1.62 bits per heavy atom. The van der Waals surface area contributed by atoms with Crippen LogP contribution >= 0.6 is 8.20 Å². The predicted octanol–water partition coefficient (Wildman–Crippen LogP) is 6.47. The van der Waals surface area contributed by atoms with Gasteiger partial charge in [-0.2, -0.15) is 4.57 Å². The monoisotopic (exact) mass is 442 g/mol. The molecule has 164 valence electrons. The molecule has 0 aliphatic rings. The van der Waals surface area contributed by atoms with Crippen LogP contribution in [0.4, 0.5) is 0 Å². The van der Waals surface area contributed by atoms with Gasteiger partial charge in [-0.25, -0.2) is 9.55 Å². The number of hydrogen-bond acceptors (Lipinski definition) is 1. The molecule has 0 atom stereocenters. The molecule has 4 heteroatoms. The maximum absolute atomic E-state index is 5.29. The van der Waals surface area contributed by atoms with Crippen molar-refractivity contribution in [2.24, 2.45) is 0 Å². The van der Waals surface area contributed by atoms with Crippen LogP contribution in [0.15, 0.2) is 60.9 Å². The topological polar surface area (TPSA) is 21.7 Å². The Bertz CT molecular complexity index is 1210. The second-order valence-corrected chi connectivity index (χ2v) is 9.49. The Balaban J connectivity index is 1.99. The maximum atomic E-state index is 5.29. The molecule has 0 bridgehead atoms. The zero-order valence-corrected chi connectivity index (χ0v) is 20.6. The average molecular weight is 443 g/mol. The van der Waals surface area contributed by atoms with Crippen molar-refractivity contribution < 1.29 is 4.57 Å². The van der Waals surface area contributed by atoms with E-state index in [0.717, 1.165) is 56.4 Å². The van der Waals surface area contributed by atoms with Gasteiger partial charge in [0.1, 0.15) is 5.69 Å². The van der Waals surface area contributed by atoms with E-state index in [2.05, 4.69) is 104 Å². The van der Waals surface area contributed by atoms with Gasteiger partial charge in [0.2, 0.25) is 0 Å². The lowest BCUT2D eigenvalue weighted by Crippen LogP contribution is -2.34. The van der Waals surface area contributed by atoms with E-state index in [1.807, 2.05) is 0 Å². The van der Waals surface area contributed by atoms with Crippen LogP contribution in [0.3, 0.4) is 0 Å². The summed E-state index contributed by atoms with van der Waals surface area (Å²) in [6.45, 7) is 8.94. The first-order valence-corrected chi connectivity index (χ1v) is 12.8. The molecule has 4 aromatic rings. The van der Waals surface area contributed by atoms with Crippen LogP contribution in [0.5, 0.6) is 0 Å². The van der Waals surface area contributed by atoms with Gasteiger partial charge in [-0.1, -0.05) is 59.4 Å². The first-order chi connectivity index (χ1) is 15.6. The largest absolute Gasteiger partial charge is 0.274 e. The van der Waals surface area contributed by atoms with E-state index in [4.69, 9.17) is 4.98 Å². The lowest BCUT2D eigenvalue weighted by atomic mass is 9.92. The summed E-state index contributed by atoms with van der Waals surface area (Å²) in [4.78, 5) is 5.29. The van der Waals surface area contributed by atoms with Crippen LogP contribution in [0, 0.1) is 0 Å². The Morgan fingerprint density at radius 1 is 0.969 bits per heavy atom. The van der Waals surface area contributed by atoms with Gasteiger partial charge >= 0.3 is 0 Å². The highest BCUT2D eigenvalue weighted by molar-refractivity contribution is 7.45. The van der Waals surface area contributed by atoms with Crippen LogP contribution in [0.25, 0.3) is 28.1 Å². The van der Waals surface area contributed by atoms with E-state index in [1.165, 1.54) is 22.0 Å². The second kappa shape index (κ2) is 9.79. The van der Waals surface area contributed by atoms with Gasteiger partial charge < -0.3 is 0 Å². The van der Waals surface area contributed by atoms with E-state index in [9.17, 15) is 0 Å². The third-order valence-electron chi connectivity index (χ3n) is 5.96. The van der Waals surface area contributed by atoms with Gasteiger partial charge in [-0.15, -0.1) is 0 Å². The summed E-state index contributed by atoms with van der Waals surface area (Å²) in [6.07, 6.45) is 10.7.